The first-order valence-corrected chi connectivity index (χ1v) is 10.1. The molecule has 1 aromatic carbocycles. The fraction of sp³-hybridized carbons (Fsp3) is 0.500. The van der Waals surface area contributed by atoms with Crippen LogP contribution in [-0.2, 0) is 12.8 Å². The standard InChI is InChI=1S/C20H24BrN3O/c1-14-7-4-5-12-23(14)20(25)19-17-10-2-3-11-18(17)24(22-19)16-9-6-8-15(21)13-16/h6,8-9,13-14H,2-5,7,10-12H2,1H3. The lowest BCUT2D eigenvalue weighted by molar-refractivity contribution is 0.0628. The van der Waals surface area contributed by atoms with Crippen molar-refractivity contribution in [1.82, 2.24) is 14.7 Å². The van der Waals surface area contributed by atoms with Gasteiger partial charge in [0.15, 0.2) is 5.69 Å². The van der Waals surface area contributed by atoms with Crippen LogP contribution in [0.1, 0.15) is 60.8 Å². The zero-order valence-electron chi connectivity index (χ0n) is 14.7. The van der Waals surface area contributed by atoms with E-state index in [1.54, 1.807) is 0 Å². The van der Waals surface area contributed by atoms with Crippen molar-refractivity contribution >= 4 is 21.8 Å². The Bertz CT molecular complexity index is 798. The number of benzene rings is 1. The molecule has 132 valence electrons. The zero-order chi connectivity index (χ0) is 17.4. The molecule has 1 atom stereocenters. The summed E-state index contributed by atoms with van der Waals surface area (Å²) in [5, 5.41) is 4.82. The molecule has 4 nitrogen and oxygen atoms in total. The van der Waals surface area contributed by atoms with Crippen LogP contribution in [0.5, 0.6) is 0 Å². The maximum atomic E-state index is 13.2. The Morgan fingerprint density at radius 3 is 2.84 bits per heavy atom. The van der Waals surface area contributed by atoms with Crippen molar-refractivity contribution in [1.29, 1.82) is 0 Å². The Morgan fingerprint density at radius 2 is 2.04 bits per heavy atom. The van der Waals surface area contributed by atoms with Crippen molar-refractivity contribution in [3.05, 3.63) is 45.7 Å². The van der Waals surface area contributed by atoms with Crippen LogP contribution in [0.15, 0.2) is 28.7 Å². The van der Waals surface area contributed by atoms with Gasteiger partial charge in [-0.2, -0.15) is 5.10 Å². The quantitative estimate of drug-likeness (QED) is 0.741. The topological polar surface area (TPSA) is 38.1 Å². The zero-order valence-corrected chi connectivity index (χ0v) is 16.3. The molecular weight excluding hydrogens is 378 g/mol. The number of carbonyl (C=O) groups is 1. The van der Waals surface area contributed by atoms with E-state index in [9.17, 15) is 4.79 Å². The Hall–Kier alpha value is -1.62. The number of aromatic nitrogens is 2. The lowest BCUT2D eigenvalue weighted by Crippen LogP contribution is -2.42. The number of hydrogen-bond acceptors (Lipinski definition) is 2. The van der Waals surface area contributed by atoms with Crippen LogP contribution in [0.4, 0.5) is 0 Å². The van der Waals surface area contributed by atoms with E-state index in [-0.39, 0.29) is 5.91 Å². The molecule has 25 heavy (non-hydrogen) atoms. The molecule has 4 rings (SSSR count). The highest BCUT2D eigenvalue weighted by Gasteiger charge is 2.31. The predicted octanol–water partition coefficient (Wildman–Crippen LogP) is 4.53. The van der Waals surface area contributed by atoms with E-state index in [1.165, 1.54) is 24.1 Å². The summed E-state index contributed by atoms with van der Waals surface area (Å²) in [6, 6.07) is 8.48. The molecule has 1 aliphatic carbocycles. The van der Waals surface area contributed by atoms with Gasteiger partial charge in [0.2, 0.25) is 0 Å². The maximum Gasteiger partial charge on any atom is 0.274 e. The van der Waals surface area contributed by atoms with Gasteiger partial charge in [-0.3, -0.25) is 4.79 Å². The summed E-state index contributed by atoms with van der Waals surface area (Å²) >= 11 is 3.55. The van der Waals surface area contributed by atoms with Crippen molar-refractivity contribution in [2.45, 2.75) is 57.9 Å². The van der Waals surface area contributed by atoms with E-state index in [1.807, 2.05) is 21.7 Å². The van der Waals surface area contributed by atoms with E-state index in [4.69, 9.17) is 5.10 Å². The fourth-order valence-corrected chi connectivity index (χ4v) is 4.52. The summed E-state index contributed by atoms with van der Waals surface area (Å²) in [5.41, 5.74) is 4.10. The molecule has 2 aliphatic rings. The second-order valence-corrected chi connectivity index (χ2v) is 8.13. The van der Waals surface area contributed by atoms with Gasteiger partial charge in [0.1, 0.15) is 0 Å². The highest BCUT2D eigenvalue weighted by Crippen LogP contribution is 2.29. The Kier molecular flexibility index (Phi) is 4.67. The highest BCUT2D eigenvalue weighted by atomic mass is 79.9. The largest absolute Gasteiger partial charge is 0.335 e. The molecule has 1 saturated heterocycles. The molecule has 2 heterocycles. The predicted molar refractivity (Wildman–Crippen MR) is 102 cm³/mol. The number of carbonyl (C=O) groups excluding carboxylic acids is 1. The molecule has 0 saturated carbocycles. The minimum absolute atomic E-state index is 0.124. The molecule has 1 aromatic heterocycles. The van der Waals surface area contributed by atoms with E-state index in [0.717, 1.165) is 48.8 Å². The number of likely N-dealkylation sites (tertiary alicyclic amines) is 1. The molecule has 1 aliphatic heterocycles. The summed E-state index contributed by atoms with van der Waals surface area (Å²) in [6.07, 6.45) is 7.69. The van der Waals surface area contributed by atoms with Gasteiger partial charge in [-0.1, -0.05) is 22.0 Å². The van der Waals surface area contributed by atoms with Crippen molar-refractivity contribution in [2.24, 2.45) is 0 Å². The first-order valence-electron chi connectivity index (χ1n) is 9.33. The smallest absolute Gasteiger partial charge is 0.274 e. The van der Waals surface area contributed by atoms with Crippen LogP contribution in [0, 0.1) is 0 Å². The molecule has 0 bridgehead atoms. The summed E-state index contributed by atoms with van der Waals surface area (Å²) in [6.45, 7) is 3.02. The Labute approximate surface area is 157 Å². The highest BCUT2D eigenvalue weighted by molar-refractivity contribution is 9.10. The van der Waals surface area contributed by atoms with Gasteiger partial charge >= 0.3 is 0 Å². The van der Waals surface area contributed by atoms with Crippen LogP contribution in [0.2, 0.25) is 0 Å². The van der Waals surface area contributed by atoms with E-state index >= 15 is 0 Å². The molecular formula is C20H24BrN3O. The van der Waals surface area contributed by atoms with Crippen LogP contribution >= 0.6 is 15.9 Å². The third kappa shape index (κ3) is 3.14. The van der Waals surface area contributed by atoms with Crippen molar-refractivity contribution in [3.8, 4) is 5.69 Å². The van der Waals surface area contributed by atoms with Crippen molar-refractivity contribution in [3.63, 3.8) is 0 Å². The van der Waals surface area contributed by atoms with Crippen LogP contribution < -0.4 is 0 Å². The van der Waals surface area contributed by atoms with Gasteiger partial charge in [0.25, 0.3) is 5.91 Å². The number of nitrogens with zero attached hydrogens (tertiary/aromatic N) is 3. The number of hydrogen-bond donors (Lipinski definition) is 0. The molecule has 1 unspecified atom stereocenters. The van der Waals surface area contributed by atoms with Crippen LogP contribution in [0.25, 0.3) is 5.69 Å². The number of amides is 1. The lowest BCUT2D eigenvalue weighted by Gasteiger charge is -2.33. The van der Waals surface area contributed by atoms with Gasteiger partial charge in [-0.05, 0) is 70.1 Å². The first kappa shape index (κ1) is 16.8. The normalized spacial score (nSPS) is 20.4. The summed E-state index contributed by atoms with van der Waals surface area (Å²) in [7, 11) is 0. The van der Waals surface area contributed by atoms with Crippen molar-refractivity contribution in [2.75, 3.05) is 6.54 Å². The first-order chi connectivity index (χ1) is 12.1. The SMILES string of the molecule is CC1CCCCN1C(=O)c1nn(-c2cccc(Br)c2)c2c1CCCC2. The van der Waals surface area contributed by atoms with Gasteiger partial charge in [0, 0.05) is 28.3 Å². The summed E-state index contributed by atoms with van der Waals surface area (Å²) in [4.78, 5) is 15.3. The number of piperidine rings is 1. The van der Waals surface area contributed by atoms with Gasteiger partial charge in [0.05, 0.1) is 5.69 Å². The molecule has 0 spiro atoms. The van der Waals surface area contributed by atoms with Crippen LogP contribution in [0.3, 0.4) is 0 Å². The number of fused-ring (bicyclic) bond motifs is 1. The second kappa shape index (κ2) is 6.94. The minimum atomic E-state index is 0.124. The van der Waals surface area contributed by atoms with Gasteiger partial charge in [-0.25, -0.2) is 4.68 Å². The number of halogens is 1. The maximum absolute atomic E-state index is 13.2. The average Bonchev–Trinajstić information content (AvgIpc) is 3.01. The molecule has 1 amide bonds. The molecule has 0 radical (unpaired) electrons. The minimum Gasteiger partial charge on any atom is -0.335 e. The third-order valence-electron chi connectivity index (χ3n) is 5.50. The molecule has 2 aromatic rings. The van der Waals surface area contributed by atoms with Gasteiger partial charge < -0.3 is 4.90 Å². The Morgan fingerprint density at radius 1 is 1.20 bits per heavy atom. The van der Waals surface area contributed by atoms with Crippen molar-refractivity contribution < 1.29 is 4.79 Å². The number of rotatable bonds is 2. The monoisotopic (exact) mass is 401 g/mol. The van der Waals surface area contributed by atoms with Crippen LogP contribution in [-0.4, -0.2) is 33.2 Å². The van der Waals surface area contributed by atoms with E-state index in [2.05, 4.69) is 35.0 Å². The van der Waals surface area contributed by atoms with E-state index in [0.29, 0.717) is 11.7 Å². The molecule has 5 heteroatoms. The molecule has 0 N–H and O–H groups in total. The third-order valence-corrected chi connectivity index (χ3v) is 5.99. The fourth-order valence-electron chi connectivity index (χ4n) is 4.13. The Balaban J connectivity index is 1.77. The summed E-state index contributed by atoms with van der Waals surface area (Å²) in [5.74, 6) is 0.124. The summed E-state index contributed by atoms with van der Waals surface area (Å²) < 4.78 is 3.03. The van der Waals surface area contributed by atoms with E-state index < -0.39 is 0 Å². The average molecular weight is 402 g/mol. The lowest BCUT2D eigenvalue weighted by atomic mass is 9.94. The van der Waals surface area contributed by atoms with Gasteiger partial charge in [-0.15, -0.1) is 0 Å². The molecule has 1 fully saturated rings. The second-order valence-electron chi connectivity index (χ2n) is 7.22.